The minimum atomic E-state index is -1.25. The summed E-state index contributed by atoms with van der Waals surface area (Å²) < 4.78 is 2.59. The maximum absolute atomic E-state index is 12.2. The van der Waals surface area contributed by atoms with Gasteiger partial charge < -0.3 is 15.0 Å². The van der Waals surface area contributed by atoms with Crippen LogP contribution in [0.25, 0.3) is 0 Å². The third-order valence-corrected chi connectivity index (χ3v) is 3.61. The van der Waals surface area contributed by atoms with Crippen LogP contribution < -0.4 is 5.32 Å². The summed E-state index contributed by atoms with van der Waals surface area (Å²) in [5.41, 5.74) is -0.807. The predicted octanol–water partition coefficient (Wildman–Crippen LogP) is 2.81. The predicted molar refractivity (Wildman–Crippen MR) is 76.3 cm³/mol. The van der Waals surface area contributed by atoms with Gasteiger partial charge in [0.2, 0.25) is 0 Å². The van der Waals surface area contributed by atoms with E-state index in [2.05, 4.69) is 21.2 Å². The molecule has 0 aliphatic rings. The second-order valence-electron chi connectivity index (χ2n) is 4.99. The Hall–Kier alpha value is -1.30. The van der Waals surface area contributed by atoms with Crippen molar-refractivity contribution in [3.8, 4) is 0 Å². The number of rotatable bonds is 5. The SMILES string of the molecule is CCC(C)(NC(=O)c1cc(Br)cn1C(C)C)C(=O)O. The van der Waals surface area contributed by atoms with Crippen LogP contribution in [0, 0.1) is 0 Å². The lowest BCUT2D eigenvalue weighted by atomic mass is 9.99. The molecule has 0 aromatic carbocycles. The quantitative estimate of drug-likeness (QED) is 0.871. The van der Waals surface area contributed by atoms with Crippen molar-refractivity contribution in [2.45, 2.75) is 45.7 Å². The monoisotopic (exact) mass is 330 g/mol. The van der Waals surface area contributed by atoms with Crippen LogP contribution in [0.5, 0.6) is 0 Å². The molecule has 1 atom stereocenters. The number of carboxylic acids is 1. The number of carboxylic acid groups (broad SMARTS) is 1. The Morgan fingerprint density at radius 1 is 1.53 bits per heavy atom. The van der Waals surface area contributed by atoms with Gasteiger partial charge in [-0.25, -0.2) is 4.79 Å². The van der Waals surface area contributed by atoms with Crippen LogP contribution >= 0.6 is 15.9 Å². The Morgan fingerprint density at radius 2 is 2.11 bits per heavy atom. The Morgan fingerprint density at radius 3 is 2.53 bits per heavy atom. The van der Waals surface area contributed by atoms with Crippen LogP contribution in [0.2, 0.25) is 0 Å². The molecule has 19 heavy (non-hydrogen) atoms. The van der Waals surface area contributed by atoms with Crippen molar-refractivity contribution < 1.29 is 14.7 Å². The van der Waals surface area contributed by atoms with Crippen molar-refractivity contribution >= 4 is 27.8 Å². The van der Waals surface area contributed by atoms with Crippen LogP contribution in [0.4, 0.5) is 0 Å². The van der Waals surface area contributed by atoms with Gasteiger partial charge in [0.05, 0.1) is 0 Å². The van der Waals surface area contributed by atoms with Gasteiger partial charge in [-0.1, -0.05) is 6.92 Å². The van der Waals surface area contributed by atoms with Crippen LogP contribution in [0.1, 0.15) is 50.6 Å². The van der Waals surface area contributed by atoms with E-state index in [9.17, 15) is 14.7 Å². The van der Waals surface area contributed by atoms with Crippen LogP contribution in [-0.2, 0) is 4.79 Å². The molecule has 1 rings (SSSR count). The smallest absolute Gasteiger partial charge is 0.329 e. The Kier molecular flexibility index (Phi) is 4.79. The fourth-order valence-electron chi connectivity index (χ4n) is 1.66. The third-order valence-electron chi connectivity index (χ3n) is 3.17. The van der Waals surface area contributed by atoms with Crippen molar-refractivity contribution in [1.29, 1.82) is 0 Å². The fraction of sp³-hybridized carbons (Fsp3) is 0.538. The lowest BCUT2D eigenvalue weighted by Crippen LogP contribution is -2.52. The first-order valence-corrected chi connectivity index (χ1v) is 6.94. The molecular formula is C13H19BrN2O3. The molecule has 0 spiro atoms. The first-order chi connectivity index (χ1) is 8.71. The maximum atomic E-state index is 12.2. The van der Waals surface area contributed by atoms with Crippen molar-refractivity contribution in [2.75, 3.05) is 0 Å². The lowest BCUT2D eigenvalue weighted by Gasteiger charge is -2.25. The third kappa shape index (κ3) is 3.37. The number of aliphatic carboxylic acids is 1. The molecule has 0 fully saturated rings. The van der Waals surface area contributed by atoms with E-state index in [1.54, 1.807) is 17.6 Å². The summed E-state index contributed by atoms with van der Waals surface area (Å²) in [5, 5.41) is 11.8. The first kappa shape index (κ1) is 15.8. The number of aromatic nitrogens is 1. The van der Waals surface area contributed by atoms with Crippen molar-refractivity contribution in [3.63, 3.8) is 0 Å². The Balaban J connectivity index is 3.05. The van der Waals surface area contributed by atoms with Gasteiger partial charge in [-0.15, -0.1) is 0 Å². The summed E-state index contributed by atoms with van der Waals surface area (Å²) in [7, 11) is 0. The number of carbonyl (C=O) groups is 2. The molecule has 6 heteroatoms. The molecule has 106 valence electrons. The van der Waals surface area contributed by atoms with E-state index in [4.69, 9.17) is 0 Å². The molecule has 0 aliphatic carbocycles. The highest BCUT2D eigenvalue weighted by molar-refractivity contribution is 9.10. The molecule has 0 radical (unpaired) electrons. The van der Waals surface area contributed by atoms with E-state index in [-0.39, 0.29) is 11.9 Å². The van der Waals surface area contributed by atoms with E-state index in [0.29, 0.717) is 12.1 Å². The van der Waals surface area contributed by atoms with E-state index in [0.717, 1.165) is 4.47 Å². The van der Waals surface area contributed by atoms with Crippen molar-refractivity contribution in [3.05, 3.63) is 22.4 Å². The lowest BCUT2D eigenvalue weighted by molar-refractivity contribution is -0.143. The number of halogens is 1. The standard InChI is InChI=1S/C13H19BrN2O3/c1-5-13(4,12(18)19)15-11(17)10-6-9(14)7-16(10)8(2)3/h6-8H,5H2,1-4H3,(H,15,17)(H,18,19). The molecule has 1 heterocycles. The molecule has 0 saturated heterocycles. The zero-order valence-electron chi connectivity index (χ0n) is 11.5. The highest BCUT2D eigenvalue weighted by Gasteiger charge is 2.33. The Labute approximate surface area is 121 Å². The summed E-state index contributed by atoms with van der Waals surface area (Å²) in [6.45, 7) is 7.15. The zero-order valence-corrected chi connectivity index (χ0v) is 13.1. The second kappa shape index (κ2) is 5.77. The van der Waals surface area contributed by atoms with Gasteiger partial charge in [-0.3, -0.25) is 4.79 Å². The molecule has 2 N–H and O–H groups in total. The minimum Gasteiger partial charge on any atom is -0.480 e. The molecule has 0 saturated carbocycles. The number of carbonyl (C=O) groups excluding carboxylic acids is 1. The maximum Gasteiger partial charge on any atom is 0.329 e. The highest BCUT2D eigenvalue weighted by atomic mass is 79.9. The molecule has 0 bridgehead atoms. The van der Waals surface area contributed by atoms with Crippen molar-refractivity contribution in [1.82, 2.24) is 9.88 Å². The molecule has 0 aliphatic heterocycles. The van der Waals surface area contributed by atoms with Gasteiger partial charge in [0, 0.05) is 16.7 Å². The minimum absolute atomic E-state index is 0.116. The zero-order chi connectivity index (χ0) is 14.8. The second-order valence-corrected chi connectivity index (χ2v) is 5.91. The van der Waals surface area contributed by atoms with Crippen LogP contribution in [0.3, 0.4) is 0 Å². The van der Waals surface area contributed by atoms with Crippen LogP contribution in [-0.4, -0.2) is 27.1 Å². The van der Waals surface area contributed by atoms with Gasteiger partial charge >= 0.3 is 5.97 Å². The van der Waals surface area contributed by atoms with E-state index in [1.165, 1.54) is 6.92 Å². The summed E-state index contributed by atoms with van der Waals surface area (Å²) in [6, 6.07) is 1.80. The molecular weight excluding hydrogens is 312 g/mol. The largest absolute Gasteiger partial charge is 0.480 e. The number of amides is 1. The van der Waals surface area contributed by atoms with E-state index >= 15 is 0 Å². The number of nitrogens with zero attached hydrogens (tertiary/aromatic N) is 1. The Bertz CT molecular complexity index is 496. The number of hydrogen-bond acceptors (Lipinski definition) is 2. The summed E-state index contributed by atoms with van der Waals surface area (Å²) in [5.74, 6) is -1.42. The summed E-state index contributed by atoms with van der Waals surface area (Å²) in [4.78, 5) is 23.5. The molecule has 1 amide bonds. The molecule has 5 nitrogen and oxygen atoms in total. The van der Waals surface area contributed by atoms with Gasteiger partial charge in [-0.05, 0) is 49.2 Å². The first-order valence-electron chi connectivity index (χ1n) is 6.14. The van der Waals surface area contributed by atoms with Gasteiger partial charge in [0.25, 0.3) is 5.91 Å². The molecule has 1 aromatic rings. The fourth-order valence-corrected chi connectivity index (χ4v) is 2.10. The van der Waals surface area contributed by atoms with Gasteiger partial charge in [0.15, 0.2) is 0 Å². The normalized spacial score (nSPS) is 14.2. The van der Waals surface area contributed by atoms with Crippen molar-refractivity contribution in [2.24, 2.45) is 0 Å². The summed E-state index contributed by atoms with van der Waals surface area (Å²) in [6.07, 6.45) is 2.13. The van der Waals surface area contributed by atoms with E-state index in [1.807, 2.05) is 20.0 Å². The number of nitrogens with one attached hydrogen (secondary N) is 1. The topological polar surface area (TPSA) is 71.3 Å². The number of hydrogen-bond donors (Lipinski definition) is 2. The van der Waals surface area contributed by atoms with Gasteiger partial charge in [0.1, 0.15) is 11.2 Å². The van der Waals surface area contributed by atoms with Crippen LogP contribution in [0.15, 0.2) is 16.7 Å². The molecule has 1 aromatic heterocycles. The van der Waals surface area contributed by atoms with E-state index < -0.39 is 11.5 Å². The average Bonchev–Trinajstić information content (AvgIpc) is 2.71. The summed E-state index contributed by atoms with van der Waals surface area (Å²) >= 11 is 3.33. The highest BCUT2D eigenvalue weighted by Crippen LogP contribution is 2.20. The molecule has 1 unspecified atom stereocenters. The average molecular weight is 331 g/mol. The van der Waals surface area contributed by atoms with Gasteiger partial charge in [-0.2, -0.15) is 0 Å².